The summed E-state index contributed by atoms with van der Waals surface area (Å²) in [5, 5.41) is 7.78. The van der Waals surface area contributed by atoms with E-state index in [-0.39, 0.29) is 5.41 Å². The molecule has 1 aliphatic rings. The smallest absolute Gasteiger partial charge is 0.0541 e. The lowest BCUT2D eigenvalue weighted by molar-refractivity contribution is 0.490. The van der Waals surface area contributed by atoms with E-state index in [2.05, 4.69) is 182 Å². The summed E-state index contributed by atoms with van der Waals surface area (Å²) in [6, 6.07) is 61.0. The van der Waals surface area contributed by atoms with Crippen LogP contribution in [0.1, 0.15) is 37.8 Å². The van der Waals surface area contributed by atoms with Gasteiger partial charge < -0.3 is 4.57 Å². The maximum absolute atomic E-state index is 2.54. The molecule has 0 radical (unpaired) electrons. The number of para-hydroxylation sites is 2. The Morgan fingerprint density at radius 2 is 0.840 bits per heavy atom. The van der Waals surface area contributed by atoms with Crippen LogP contribution in [0, 0.1) is 0 Å². The molecule has 0 aliphatic heterocycles. The van der Waals surface area contributed by atoms with Crippen LogP contribution in [0.2, 0.25) is 0 Å². The molecule has 1 heterocycles. The maximum atomic E-state index is 2.54. The van der Waals surface area contributed by atoms with E-state index in [0.29, 0.717) is 0 Å². The lowest BCUT2D eigenvalue weighted by Crippen LogP contribution is -2.23. The van der Waals surface area contributed by atoms with Gasteiger partial charge in [-0.2, -0.15) is 0 Å². The lowest BCUT2D eigenvalue weighted by atomic mass is 9.73. The zero-order valence-electron chi connectivity index (χ0n) is 28.4. The number of fused-ring (bicyclic) bond motifs is 8. The van der Waals surface area contributed by atoms with Crippen LogP contribution >= 0.6 is 0 Å². The Balaban J connectivity index is 1.20. The second-order valence-corrected chi connectivity index (χ2v) is 13.9. The predicted molar refractivity (Wildman–Crippen MR) is 213 cm³/mol. The van der Waals surface area contributed by atoms with Crippen LogP contribution in [0.3, 0.4) is 0 Å². The van der Waals surface area contributed by atoms with Crippen LogP contribution in [0.4, 0.5) is 0 Å². The van der Waals surface area contributed by atoms with Crippen molar-refractivity contribution in [1.82, 2.24) is 4.57 Å². The fourth-order valence-electron chi connectivity index (χ4n) is 9.35. The summed E-state index contributed by atoms with van der Waals surface area (Å²) in [6.45, 7) is 4.75. The summed E-state index contributed by atoms with van der Waals surface area (Å²) in [4.78, 5) is 0. The first-order valence-corrected chi connectivity index (χ1v) is 18.0. The van der Waals surface area contributed by atoms with E-state index in [9.17, 15) is 0 Å². The van der Waals surface area contributed by atoms with Gasteiger partial charge in [0.25, 0.3) is 0 Å². The Kier molecular flexibility index (Phi) is 6.42. The average molecular weight is 640 g/mol. The molecule has 50 heavy (non-hydrogen) atoms. The predicted octanol–water partition coefficient (Wildman–Crippen LogP) is 13.5. The molecule has 8 aromatic carbocycles. The van der Waals surface area contributed by atoms with Crippen LogP contribution in [0.25, 0.3) is 82.4 Å². The molecule has 0 saturated carbocycles. The molecule has 1 aromatic heterocycles. The molecule has 0 amide bonds. The van der Waals surface area contributed by atoms with E-state index in [1.54, 1.807) is 0 Å². The highest BCUT2D eigenvalue weighted by molar-refractivity contribution is 6.21. The van der Waals surface area contributed by atoms with Gasteiger partial charge in [-0.05, 0) is 109 Å². The third kappa shape index (κ3) is 3.95. The second kappa shape index (κ2) is 11.1. The number of hydrogen-bond donors (Lipinski definition) is 0. The zero-order chi connectivity index (χ0) is 33.4. The number of benzene rings is 8. The van der Waals surface area contributed by atoms with Gasteiger partial charge in [0, 0.05) is 21.9 Å². The Bertz CT molecular complexity index is 2670. The van der Waals surface area contributed by atoms with Gasteiger partial charge in [0.1, 0.15) is 0 Å². The van der Waals surface area contributed by atoms with Crippen molar-refractivity contribution in [3.8, 4) is 39.1 Å². The largest absolute Gasteiger partial charge is 0.309 e. The first-order chi connectivity index (χ1) is 24.7. The van der Waals surface area contributed by atoms with Gasteiger partial charge >= 0.3 is 0 Å². The Morgan fingerprint density at radius 1 is 0.400 bits per heavy atom. The van der Waals surface area contributed by atoms with Crippen molar-refractivity contribution in [2.45, 2.75) is 32.1 Å². The van der Waals surface area contributed by atoms with E-state index >= 15 is 0 Å². The van der Waals surface area contributed by atoms with Gasteiger partial charge in [0.2, 0.25) is 0 Å². The first-order valence-electron chi connectivity index (χ1n) is 18.0. The fraction of sp³-hybridized carbons (Fsp3) is 0.102. The SMILES string of the molecule is CCC1(CC)c2cc(-c3c4ccccc4c(-c4ccccc4)c4ccccc34)ccc2-c2ccc(-n3c4ccccc4c4ccccc43)cc21. The zero-order valence-corrected chi connectivity index (χ0v) is 28.4. The minimum atomic E-state index is -0.0783. The molecule has 9 aromatic rings. The van der Waals surface area contributed by atoms with Crippen molar-refractivity contribution in [3.63, 3.8) is 0 Å². The first kappa shape index (κ1) is 29.0. The second-order valence-electron chi connectivity index (χ2n) is 13.9. The molecule has 0 fully saturated rings. The molecule has 10 rings (SSSR count). The van der Waals surface area contributed by atoms with Gasteiger partial charge in [0.15, 0.2) is 0 Å². The molecular weight excluding hydrogens is 603 g/mol. The Labute approximate surface area is 293 Å². The highest BCUT2D eigenvalue weighted by atomic mass is 15.0. The van der Waals surface area contributed by atoms with Gasteiger partial charge in [-0.3, -0.25) is 0 Å². The molecular formula is C49H37N. The van der Waals surface area contributed by atoms with Crippen LogP contribution in [0.5, 0.6) is 0 Å². The topological polar surface area (TPSA) is 4.93 Å². The molecule has 0 unspecified atom stereocenters. The third-order valence-corrected chi connectivity index (χ3v) is 11.7. The van der Waals surface area contributed by atoms with E-state index in [1.165, 1.54) is 93.5 Å². The summed E-state index contributed by atoms with van der Waals surface area (Å²) in [5.74, 6) is 0. The van der Waals surface area contributed by atoms with Gasteiger partial charge in [-0.1, -0.05) is 147 Å². The highest BCUT2D eigenvalue weighted by Gasteiger charge is 2.41. The van der Waals surface area contributed by atoms with Gasteiger partial charge in [-0.15, -0.1) is 0 Å². The van der Waals surface area contributed by atoms with E-state index < -0.39 is 0 Å². The minimum absolute atomic E-state index is 0.0783. The highest BCUT2D eigenvalue weighted by Crippen LogP contribution is 2.55. The van der Waals surface area contributed by atoms with Crippen LogP contribution in [-0.2, 0) is 5.41 Å². The van der Waals surface area contributed by atoms with E-state index in [1.807, 2.05) is 0 Å². The van der Waals surface area contributed by atoms with Crippen LogP contribution in [-0.4, -0.2) is 4.57 Å². The molecule has 0 bridgehead atoms. The fourth-order valence-corrected chi connectivity index (χ4v) is 9.35. The molecule has 1 nitrogen and oxygen atoms in total. The monoisotopic (exact) mass is 639 g/mol. The van der Waals surface area contributed by atoms with Crippen molar-refractivity contribution in [1.29, 1.82) is 0 Å². The van der Waals surface area contributed by atoms with Crippen molar-refractivity contribution in [3.05, 3.63) is 175 Å². The van der Waals surface area contributed by atoms with Crippen molar-refractivity contribution < 1.29 is 0 Å². The molecule has 0 N–H and O–H groups in total. The van der Waals surface area contributed by atoms with Gasteiger partial charge in [-0.25, -0.2) is 0 Å². The lowest BCUT2D eigenvalue weighted by Gasteiger charge is -2.30. The van der Waals surface area contributed by atoms with E-state index in [4.69, 9.17) is 0 Å². The van der Waals surface area contributed by atoms with Gasteiger partial charge in [0.05, 0.1) is 11.0 Å². The summed E-state index contributed by atoms with van der Waals surface area (Å²) < 4.78 is 2.46. The normalized spacial score (nSPS) is 13.3. The minimum Gasteiger partial charge on any atom is -0.309 e. The third-order valence-electron chi connectivity index (χ3n) is 11.7. The Morgan fingerprint density at radius 3 is 1.38 bits per heavy atom. The molecule has 1 aliphatic carbocycles. The van der Waals surface area contributed by atoms with Crippen LogP contribution < -0.4 is 0 Å². The number of nitrogens with zero attached hydrogens (tertiary/aromatic N) is 1. The standard InChI is InChI=1S/C49H37N/c1-3-49(4-2)43-30-33(48-41-22-10-8-20-39(41)47(32-16-6-5-7-17-32)40-21-9-11-23-42(40)48)26-28-35(43)36-29-27-34(31-44(36)49)50-45-24-14-12-18-37(45)38-19-13-15-25-46(38)50/h5-31H,3-4H2,1-2H3. The molecule has 0 atom stereocenters. The molecule has 0 saturated heterocycles. The quantitative estimate of drug-likeness (QED) is 0.165. The number of aromatic nitrogens is 1. The number of hydrogen-bond acceptors (Lipinski definition) is 0. The van der Waals surface area contributed by atoms with Crippen molar-refractivity contribution >= 4 is 43.4 Å². The summed E-state index contributed by atoms with van der Waals surface area (Å²) in [6.07, 6.45) is 2.08. The van der Waals surface area contributed by atoms with Crippen LogP contribution in [0.15, 0.2) is 164 Å². The molecule has 0 spiro atoms. The summed E-state index contributed by atoms with van der Waals surface area (Å²) >= 11 is 0. The Hall–Kier alpha value is -5.92. The van der Waals surface area contributed by atoms with E-state index in [0.717, 1.165) is 12.8 Å². The number of rotatable bonds is 5. The summed E-state index contributed by atoms with van der Waals surface area (Å²) in [5.41, 5.74) is 14.5. The summed E-state index contributed by atoms with van der Waals surface area (Å²) in [7, 11) is 0. The molecule has 1 heteroatoms. The van der Waals surface area contributed by atoms with Crippen molar-refractivity contribution in [2.75, 3.05) is 0 Å². The van der Waals surface area contributed by atoms with Crippen molar-refractivity contribution in [2.24, 2.45) is 0 Å². The molecule has 238 valence electrons. The average Bonchev–Trinajstić information content (AvgIpc) is 3.66. The maximum Gasteiger partial charge on any atom is 0.0541 e.